The second kappa shape index (κ2) is 9.54. The monoisotopic (exact) mass is 340 g/mol. The van der Waals surface area contributed by atoms with Gasteiger partial charge in [-0.3, -0.25) is 0 Å². The third-order valence-electron chi connectivity index (χ3n) is 3.16. The van der Waals surface area contributed by atoms with E-state index in [1.807, 2.05) is 59.7 Å². The Hall–Kier alpha value is -0.723. The van der Waals surface area contributed by atoms with Gasteiger partial charge in [0.1, 0.15) is 6.29 Å². The number of rotatable bonds is 10. The molecule has 1 unspecified atom stereocenters. The van der Waals surface area contributed by atoms with Gasteiger partial charge in [-0.15, -0.1) is 0 Å². The van der Waals surface area contributed by atoms with Crippen molar-refractivity contribution in [2.45, 2.75) is 65.9 Å². The van der Waals surface area contributed by atoms with Crippen LogP contribution in [0.15, 0.2) is 30.3 Å². The molecular formula is C18H32O4Si. The van der Waals surface area contributed by atoms with E-state index in [1.165, 1.54) is 5.56 Å². The lowest BCUT2D eigenvalue weighted by atomic mass is 10.2. The Morgan fingerprint density at radius 3 is 2.04 bits per heavy atom. The molecule has 0 aromatic heterocycles. The Kier molecular flexibility index (Phi) is 8.43. The van der Waals surface area contributed by atoms with Crippen molar-refractivity contribution < 1.29 is 18.0 Å². The van der Waals surface area contributed by atoms with Gasteiger partial charge in [0.05, 0.1) is 5.60 Å². The first-order valence-corrected chi connectivity index (χ1v) is 10.4. The zero-order valence-corrected chi connectivity index (χ0v) is 16.4. The highest BCUT2D eigenvalue weighted by Gasteiger charge is 2.42. The predicted octanol–water partition coefficient (Wildman–Crippen LogP) is 4.42. The minimum Gasteiger partial charge on any atom is -0.374 e. The summed E-state index contributed by atoms with van der Waals surface area (Å²) < 4.78 is 24.1. The molecule has 0 aliphatic heterocycles. The molecule has 0 N–H and O–H groups in total. The highest BCUT2D eigenvalue weighted by Crippen LogP contribution is 2.23. The van der Waals surface area contributed by atoms with Gasteiger partial charge in [0.2, 0.25) is 0 Å². The average Bonchev–Trinajstić information content (AvgIpc) is 2.45. The smallest absolute Gasteiger partial charge is 0.374 e. The van der Waals surface area contributed by atoms with Crippen LogP contribution in [0.1, 0.15) is 47.1 Å². The van der Waals surface area contributed by atoms with E-state index in [0.717, 1.165) is 12.5 Å². The predicted molar refractivity (Wildman–Crippen MR) is 95.3 cm³/mol. The summed E-state index contributed by atoms with van der Waals surface area (Å²) in [7, 11) is -2.77. The molecule has 0 spiro atoms. The van der Waals surface area contributed by atoms with Gasteiger partial charge in [-0.05, 0) is 53.5 Å². The molecule has 0 heterocycles. The van der Waals surface area contributed by atoms with Crippen LogP contribution in [0.3, 0.4) is 0 Å². The summed E-state index contributed by atoms with van der Waals surface area (Å²) in [5, 5.41) is 0. The molecule has 132 valence electrons. The molecule has 1 aromatic carbocycles. The summed E-state index contributed by atoms with van der Waals surface area (Å²) in [5.74, 6) is 0. The molecule has 0 aliphatic rings. The fourth-order valence-corrected chi connectivity index (χ4v) is 5.12. The Bertz CT molecular complexity index is 424. The standard InChI is InChI=1S/C18H32O4Si/c1-7-19-23(20-8-2,22-16(3)21-18(4,5)6)15-14-17-12-10-9-11-13-17/h9-13,16H,7-8,14-15H2,1-6H3. The van der Waals surface area contributed by atoms with Crippen molar-refractivity contribution >= 4 is 8.80 Å². The van der Waals surface area contributed by atoms with Crippen LogP contribution >= 0.6 is 0 Å². The molecule has 0 fully saturated rings. The van der Waals surface area contributed by atoms with Crippen LogP contribution in [0.2, 0.25) is 6.04 Å². The van der Waals surface area contributed by atoms with Crippen LogP contribution in [0, 0.1) is 0 Å². The molecule has 1 rings (SSSR count). The number of benzene rings is 1. The van der Waals surface area contributed by atoms with E-state index in [1.54, 1.807) is 0 Å². The van der Waals surface area contributed by atoms with E-state index in [-0.39, 0.29) is 11.9 Å². The lowest BCUT2D eigenvalue weighted by Gasteiger charge is -2.34. The van der Waals surface area contributed by atoms with Crippen molar-refractivity contribution in [2.75, 3.05) is 13.2 Å². The largest absolute Gasteiger partial charge is 0.503 e. The van der Waals surface area contributed by atoms with Crippen molar-refractivity contribution in [2.24, 2.45) is 0 Å². The van der Waals surface area contributed by atoms with Crippen LogP contribution in [0.4, 0.5) is 0 Å². The Labute approximate surface area is 142 Å². The number of hydrogen-bond acceptors (Lipinski definition) is 4. The quantitative estimate of drug-likeness (QED) is 0.467. The summed E-state index contributed by atoms with van der Waals surface area (Å²) in [6.45, 7) is 13.0. The normalized spacial score (nSPS) is 14.0. The summed E-state index contributed by atoms with van der Waals surface area (Å²) in [6.07, 6.45) is 0.505. The maximum Gasteiger partial charge on any atom is 0.503 e. The van der Waals surface area contributed by atoms with Gasteiger partial charge in [-0.25, -0.2) is 0 Å². The first kappa shape index (κ1) is 20.3. The third-order valence-corrected chi connectivity index (χ3v) is 6.17. The van der Waals surface area contributed by atoms with Crippen molar-refractivity contribution in [1.82, 2.24) is 0 Å². The third kappa shape index (κ3) is 8.08. The topological polar surface area (TPSA) is 36.9 Å². The fraction of sp³-hybridized carbons (Fsp3) is 0.667. The highest BCUT2D eigenvalue weighted by atomic mass is 28.4. The molecule has 0 bridgehead atoms. The Balaban J connectivity index is 2.78. The van der Waals surface area contributed by atoms with Gasteiger partial charge < -0.3 is 18.0 Å². The maximum atomic E-state index is 6.19. The van der Waals surface area contributed by atoms with Gasteiger partial charge in [-0.2, -0.15) is 0 Å². The van der Waals surface area contributed by atoms with Crippen LogP contribution < -0.4 is 0 Å². The average molecular weight is 341 g/mol. The van der Waals surface area contributed by atoms with Crippen molar-refractivity contribution in [1.29, 1.82) is 0 Å². The molecule has 0 radical (unpaired) electrons. The van der Waals surface area contributed by atoms with Crippen LogP contribution in [-0.2, 0) is 24.4 Å². The van der Waals surface area contributed by atoms with Gasteiger partial charge in [0.25, 0.3) is 0 Å². The number of aryl methyl sites for hydroxylation is 1. The van der Waals surface area contributed by atoms with E-state index >= 15 is 0 Å². The molecule has 1 atom stereocenters. The Morgan fingerprint density at radius 2 is 1.57 bits per heavy atom. The number of ether oxygens (including phenoxy) is 1. The molecule has 5 heteroatoms. The molecule has 23 heavy (non-hydrogen) atoms. The number of hydrogen-bond donors (Lipinski definition) is 0. The second-order valence-corrected chi connectivity index (χ2v) is 9.13. The SMILES string of the molecule is CCO[Si](CCc1ccccc1)(OCC)OC(C)OC(C)(C)C. The van der Waals surface area contributed by atoms with Crippen LogP contribution in [-0.4, -0.2) is 33.9 Å². The van der Waals surface area contributed by atoms with Gasteiger partial charge >= 0.3 is 8.80 Å². The molecule has 0 saturated heterocycles. The molecule has 4 nitrogen and oxygen atoms in total. The van der Waals surface area contributed by atoms with Crippen molar-refractivity contribution in [3.8, 4) is 0 Å². The lowest BCUT2D eigenvalue weighted by molar-refractivity contribution is -0.164. The first-order chi connectivity index (χ1) is 10.8. The molecule has 1 aromatic rings. The van der Waals surface area contributed by atoms with E-state index in [0.29, 0.717) is 13.2 Å². The van der Waals surface area contributed by atoms with Crippen LogP contribution in [0.5, 0.6) is 0 Å². The van der Waals surface area contributed by atoms with Gasteiger partial charge in [0, 0.05) is 19.3 Å². The molecule has 0 saturated carbocycles. The summed E-state index contributed by atoms with van der Waals surface area (Å²) in [6, 6.07) is 11.1. The summed E-state index contributed by atoms with van der Waals surface area (Å²) in [5.41, 5.74) is 0.994. The molecular weight excluding hydrogens is 308 g/mol. The van der Waals surface area contributed by atoms with E-state index in [4.69, 9.17) is 18.0 Å². The second-order valence-electron chi connectivity index (χ2n) is 6.45. The van der Waals surface area contributed by atoms with E-state index < -0.39 is 8.80 Å². The van der Waals surface area contributed by atoms with Gasteiger partial charge in [-0.1, -0.05) is 30.3 Å². The zero-order valence-electron chi connectivity index (χ0n) is 15.4. The van der Waals surface area contributed by atoms with Crippen LogP contribution in [0.25, 0.3) is 0 Å². The summed E-state index contributed by atoms with van der Waals surface area (Å²) >= 11 is 0. The van der Waals surface area contributed by atoms with E-state index in [2.05, 4.69) is 12.1 Å². The minimum absolute atomic E-state index is 0.266. The maximum absolute atomic E-state index is 6.19. The fourth-order valence-electron chi connectivity index (χ4n) is 2.47. The molecule has 0 aliphatic carbocycles. The van der Waals surface area contributed by atoms with Crippen molar-refractivity contribution in [3.63, 3.8) is 0 Å². The summed E-state index contributed by atoms with van der Waals surface area (Å²) in [4.78, 5) is 0. The Morgan fingerprint density at radius 1 is 1.00 bits per heavy atom. The lowest BCUT2D eigenvalue weighted by Crippen LogP contribution is -2.49. The highest BCUT2D eigenvalue weighted by molar-refractivity contribution is 6.60. The van der Waals surface area contributed by atoms with Crippen molar-refractivity contribution in [3.05, 3.63) is 35.9 Å². The zero-order chi connectivity index (χ0) is 17.3. The van der Waals surface area contributed by atoms with E-state index in [9.17, 15) is 0 Å². The molecule has 0 amide bonds. The minimum atomic E-state index is -2.77. The first-order valence-electron chi connectivity index (χ1n) is 8.47. The van der Waals surface area contributed by atoms with Gasteiger partial charge in [0.15, 0.2) is 0 Å².